The third kappa shape index (κ3) is 5.17. The molecule has 2 atom stereocenters. The molecule has 0 unspecified atom stereocenters. The van der Waals surface area contributed by atoms with Gasteiger partial charge in [0, 0.05) is 50.0 Å². The van der Waals surface area contributed by atoms with Crippen molar-refractivity contribution in [1.29, 1.82) is 0 Å². The first-order chi connectivity index (χ1) is 20.0. The number of fused-ring (bicyclic) bond motifs is 3. The number of anilines is 2. The monoisotopic (exact) mass is 580 g/mol. The number of rotatable bonds is 5. The molecule has 6 rings (SSSR count). The second-order valence-corrected chi connectivity index (χ2v) is 12.0. The molecule has 4 heterocycles. The Hall–Kier alpha value is -3.44. The van der Waals surface area contributed by atoms with Crippen LogP contribution in [-0.4, -0.2) is 94.3 Å². The minimum Gasteiger partial charge on any atom is -0.371 e. The summed E-state index contributed by atoms with van der Waals surface area (Å²) in [4.78, 5) is 13.3. The van der Waals surface area contributed by atoms with Gasteiger partial charge in [-0.1, -0.05) is 19.1 Å². The van der Waals surface area contributed by atoms with Gasteiger partial charge in [-0.05, 0) is 82.7 Å². The van der Waals surface area contributed by atoms with Gasteiger partial charge in [0.15, 0.2) is 5.65 Å². The lowest BCUT2D eigenvalue weighted by molar-refractivity contribution is -0.137. The van der Waals surface area contributed by atoms with Gasteiger partial charge < -0.3 is 14.7 Å². The van der Waals surface area contributed by atoms with Gasteiger partial charge in [0.1, 0.15) is 0 Å². The summed E-state index contributed by atoms with van der Waals surface area (Å²) in [5.41, 5.74) is 2.98. The van der Waals surface area contributed by atoms with Gasteiger partial charge in [-0.2, -0.15) is 13.2 Å². The third-order valence-electron chi connectivity index (χ3n) is 9.13. The van der Waals surface area contributed by atoms with E-state index in [1.165, 1.54) is 6.07 Å². The Balaban J connectivity index is 1.39. The summed E-state index contributed by atoms with van der Waals surface area (Å²) in [5, 5.41) is 8.94. The van der Waals surface area contributed by atoms with Gasteiger partial charge in [-0.15, -0.1) is 10.2 Å². The number of nitrogens with zero attached hydrogens (tertiary/aromatic N) is 8. The lowest BCUT2D eigenvalue weighted by Crippen LogP contribution is -2.57. The molecule has 0 aliphatic carbocycles. The molecule has 11 heteroatoms. The van der Waals surface area contributed by atoms with Crippen molar-refractivity contribution in [2.24, 2.45) is 0 Å². The van der Waals surface area contributed by atoms with Crippen LogP contribution in [0.2, 0.25) is 0 Å². The van der Waals surface area contributed by atoms with Gasteiger partial charge in [-0.25, -0.2) is 0 Å². The highest BCUT2D eigenvalue weighted by Crippen LogP contribution is 2.40. The molecule has 0 N–H and O–H groups in total. The smallest absolute Gasteiger partial charge is 0.371 e. The van der Waals surface area contributed by atoms with Crippen molar-refractivity contribution in [1.82, 2.24) is 29.4 Å². The number of hydrogen-bond donors (Lipinski definition) is 0. The standard InChI is InChI=1S/C31H39F3N8/c1-6-41-20(2)18-40(19-21(41)3)30-37-36-29-17-35-26-9-7-23(16-28(26)42(29)30)22-8-10-27(25(15-22)31(32,33)34)39-13-11-24(12-14-39)38(4)5/h7-10,15-17,20-21,24H,6,11-14,18-19H2,1-5H3/t20-,21+. The van der Waals surface area contributed by atoms with Crippen molar-refractivity contribution in [3.63, 3.8) is 0 Å². The largest absolute Gasteiger partial charge is 0.418 e. The van der Waals surface area contributed by atoms with Crippen LogP contribution in [-0.2, 0) is 6.18 Å². The molecule has 0 bridgehead atoms. The van der Waals surface area contributed by atoms with E-state index in [4.69, 9.17) is 0 Å². The Morgan fingerprint density at radius 3 is 2.21 bits per heavy atom. The number of benzene rings is 2. The number of piperazine rings is 1. The SMILES string of the molecule is CCN1[C@H](C)CN(c2nnc3cnc4ccc(-c5ccc(N6CCC(N(C)C)CC6)c(C(F)(F)F)c5)cc4n23)C[C@@H]1C. The highest BCUT2D eigenvalue weighted by molar-refractivity contribution is 5.85. The molecule has 2 aliphatic rings. The summed E-state index contributed by atoms with van der Waals surface area (Å²) in [7, 11) is 4.05. The van der Waals surface area contributed by atoms with Crippen molar-refractivity contribution in [3.05, 3.63) is 48.2 Å². The topological polar surface area (TPSA) is 56.0 Å². The maximum absolute atomic E-state index is 14.4. The van der Waals surface area contributed by atoms with Crippen LogP contribution in [0.15, 0.2) is 42.6 Å². The van der Waals surface area contributed by atoms with Crippen LogP contribution in [0.25, 0.3) is 27.8 Å². The zero-order chi connectivity index (χ0) is 29.8. The zero-order valence-corrected chi connectivity index (χ0v) is 24.9. The summed E-state index contributed by atoms with van der Waals surface area (Å²) >= 11 is 0. The summed E-state index contributed by atoms with van der Waals surface area (Å²) in [6, 6.07) is 11.4. The maximum Gasteiger partial charge on any atom is 0.418 e. The fraction of sp³-hybridized carbons (Fsp3) is 0.516. The highest BCUT2D eigenvalue weighted by atomic mass is 19.4. The Morgan fingerprint density at radius 2 is 1.57 bits per heavy atom. The first-order valence-corrected chi connectivity index (χ1v) is 14.8. The Kier molecular flexibility index (Phi) is 7.51. The van der Waals surface area contributed by atoms with Crippen LogP contribution >= 0.6 is 0 Å². The molecule has 0 saturated carbocycles. The van der Waals surface area contributed by atoms with Gasteiger partial charge in [0.05, 0.1) is 22.8 Å². The molecule has 0 spiro atoms. The van der Waals surface area contributed by atoms with E-state index < -0.39 is 11.7 Å². The van der Waals surface area contributed by atoms with Crippen molar-refractivity contribution >= 4 is 28.3 Å². The quantitative estimate of drug-likeness (QED) is 0.313. The predicted molar refractivity (Wildman–Crippen MR) is 161 cm³/mol. The summed E-state index contributed by atoms with van der Waals surface area (Å²) < 4.78 is 45.3. The van der Waals surface area contributed by atoms with Crippen molar-refractivity contribution in [2.45, 2.75) is 57.9 Å². The number of alkyl halides is 3. The van der Waals surface area contributed by atoms with E-state index in [0.29, 0.717) is 48.0 Å². The van der Waals surface area contributed by atoms with E-state index in [9.17, 15) is 13.2 Å². The summed E-state index contributed by atoms with van der Waals surface area (Å²) in [6.07, 6.45) is -1.09. The molecule has 2 aromatic heterocycles. The summed E-state index contributed by atoms with van der Waals surface area (Å²) in [6.45, 7) is 10.4. The average molecular weight is 581 g/mol. The molecule has 4 aromatic rings. The Labute approximate surface area is 244 Å². The van der Waals surface area contributed by atoms with Crippen molar-refractivity contribution in [2.75, 3.05) is 56.6 Å². The van der Waals surface area contributed by atoms with Crippen LogP contribution in [0.5, 0.6) is 0 Å². The minimum atomic E-state index is -4.47. The molecule has 0 radical (unpaired) electrons. The van der Waals surface area contributed by atoms with Crippen LogP contribution in [0.3, 0.4) is 0 Å². The lowest BCUT2D eigenvalue weighted by Gasteiger charge is -2.44. The number of halogens is 3. The molecular formula is C31H39F3N8. The van der Waals surface area contributed by atoms with E-state index in [1.807, 2.05) is 41.6 Å². The molecule has 224 valence electrons. The normalized spacial score (nSPS) is 21.3. The van der Waals surface area contributed by atoms with Crippen molar-refractivity contribution in [3.8, 4) is 11.1 Å². The van der Waals surface area contributed by atoms with Gasteiger partial charge in [-0.3, -0.25) is 14.3 Å². The fourth-order valence-electron chi connectivity index (χ4n) is 6.91. The predicted octanol–water partition coefficient (Wildman–Crippen LogP) is 5.41. The maximum atomic E-state index is 14.4. The van der Waals surface area contributed by atoms with E-state index in [2.05, 4.69) is 50.7 Å². The fourth-order valence-corrected chi connectivity index (χ4v) is 6.91. The molecule has 0 amide bonds. The molecule has 2 aliphatic heterocycles. The zero-order valence-electron chi connectivity index (χ0n) is 24.9. The van der Waals surface area contributed by atoms with Gasteiger partial charge in [0.25, 0.3) is 0 Å². The van der Waals surface area contributed by atoms with Crippen molar-refractivity contribution < 1.29 is 13.2 Å². The Bertz CT molecular complexity index is 1560. The van der Waals surface area contributed by atoms with E-state index >= 15 is 0 Å². The molecule has 2 saturated heterocycles. The van der Waals surface area contributed by atoms with Crippen LogP contribution < -0.4 is 9.80 Å². The average Bonchev–Trinajstić information content (AvgIpc) is 3.41. The van der Waals surface area contributed by atoms with E-state index in [-0.39, 0.29) is 5.69 Å². The molecule has 2 fully saturated rings. The first-order valence-electron chi connectivity index (χ1n) is 14.8. The molecular weight excluding hydrogens is 541 g/mol. The van der Waals surface area contributed by atoms with Gasteiger partial charge in [0.2, 0.25) is 5.95 Å². The number of likely N-dealkylation sites (N-methyl/N-ethyl adjacent to an activating group) is 1. The van der Waals surface area contributed by atoms with Crippen LogP contribution in [0, 0.1) is 0 Å². The second kappa shape index (κ2) is 11.0. The minimum absolute atomic E-state index is 0.254. The molecule has 8 nitrogen and oxygen atoms in total. The second-order valence-electron chi connectivity index (χ2n) is 12.0. The first kappa shape index (κ1) is 28.7. The van der Waals surface area contributed by atoms with E-state index in [0.717, 1.165) is 49.5 Å². The Morgan fingerprint density at radius 1 is 0.905 bits per heavy atom. The van der Waals surface area contributed by atoms with E-state index in [1.54, 1.807) is 18.3 Å². The van der Waals surface area contributed by atoms with Crippen LogP contribution in [0.1, 0.15) is 39.2 Å². The molecule has 2 aromatic carbocycles. The molecule has 42 heavy (non-hydrogen) atoms. The van der Waals surface area contributed by atoms with Gasteiger partial charge >= 0.3 is 6.18 Å². The highest BCUT2D eigenvalue weighted by Gasteiger charge is 2.36. The lowest BCUT2D eigenvalue weighted by atomic mass is 9.98. The number of aromatic nitrogens is 4. The van der Waals surface area contributed by atoms with Crippen LogP contribution in [0.4, 0.5) is 24.8 Å². The number of piperidine rings is 1. The third-order valence-corrected chi connectivity index (χ3v) is 9.13. The number of hydrogen-bond acceptors (Lipinski definition) is 7. The summed E-state index contributed by atoms with van der Waals surface area (Å²) in [5.74, 6) is 0.733.